The molecule has 0 amide bonds. The summed E-state index contributed by atoms with van der Waals surface area (Å²) in [7, 11) is -3.12. The number of sulfonamides is 1. The van der Waals surface area contributed by atoms with Gasteiger partial charge in [-0.3, -0.25) is 0 Å². The van der Waals surface area contributed by atoms with Gasteiger partial charge >= 0.3 is 0 Å². The summed E-state index contributed by atoms with van der Waals surface area (Å²) < 4.78 is 24.6. The number of pyridine rings is 1. The second kappa shape index (κ2) is 6.29. The molecule has 118 valence electrons. The molecule has 0 aliphatic carbocycles. The van der Waals surface area contributed by atoms with E-state index in [-0.39, 0.29) is 12.5 Å². The van der Waals surface area contributed by atoms with Gasteiger partial charge in [-0.15, -0.1) is 0 Å². The van der Waals surface area contributed by atoms with E-state index in [2.05, 4.69) is 23.7 Å². The second-order valence-electron chi connectivity index (χ2n) is 5.72. The number of piperazine rings is 1. The number of hydrogen-bond acceptors (Lipinski definition) is 5. The first-order chi connectivity index (χ1) is 9.81. The Morgan fingerprint density at radius 3 is 2.33 bits per heavy atom. The Labute approximate surface area is 126 Å². The van der Waals surface area contributed by atoms with E-state index in [1.54, 1.807) is 0 Å². The highest BCUT2D eigenvalue weighted by molar-refractivity contribution is 7.88. The number of rotatable bonds is 4. The van der Waals surface area contributed by atoms with E-state index >= 15 is 0 Å². The standard InChI is InChI=1S/C14H23N3O3S/c1-11(2)13-8-12(10-18)9-14(15-13)16-4-6-17(7-5-16)21(3,19)20/h8-9,11,18H,4-7,10H2,1-3H3. The molecule has 0 saturated carbocycles. The molecule has 1 fully saturated rings. The highest BCUT2D eigenvalue weighted by atomic mass is 32.2. The van der Waals surface area contributed by atoms with Gasteiger partial charge in [-0.05, 0) is 23.6 Å². The smallest absolute Gasteiger partial charge is 0.211 e. The van der Waals surface area contributed by atoms with E-state index in [4.69, 9.17) is 0 Å². The molecule has 6 nitrogen and oxygen atoms in total. The van der Waals surface area contributed by atoms with Crippen LogP contribution in [0.5, 0.6) is 0 Å². The molecular weight excluding hydrogens is 290 g/mol. The van der Waals surface area contributed by atoms with Crippen molar-refractivity contribution in [1.29, 1.82) is 0 Å². The first-order valence-corrected chi connectivity index (χ1v) is 8.98. The van der Waals surface area contributed by atoms with Gasteiger partial charge in [0.1, 0.15) is 5.82 Å². The number of aromatic nitrogens is 1. The summed E-state index contributed by atoms with van der Waals surface area (Å²) >= 11 is 0. The number of hydrogen-bond donors (Lipinski definition) is 1. The zero-order valence-electron chi connectivity index (χ0n) is 12.8. The normalized spacial score (nSPS) is 17.5. The van der Waals surface area contributed by atoms with Crippen molar-refractivity contribution in [3.8, 4) is 0 Å². The third kappa shape index (κ3) is 3.93. The Morgan fingerprint density at radius 1 is 1.24 bits per heavy atom. The lowest BCUT2D eigenvalue weighted by Crippen LogP contribution is -2.48. The van der Waals surface area contributed by atoms with Crippen LogP contribution >= 0.6 is 0 Å². The molecule has 0 atom stereocenters. The van der Waals surface area contributed by atoms with Crippen LogP contribution in [0.2, 0.25) is 0 Å². The fourth-order valence-electron chi connectivity index (χ4n) is 2.39. The predicted octanol–water partition coefficient (Wildman–Crippen LogP) is 0.779. The van der Waals surface area contributed by atoms with Crippen molar-refractivity contribution >= 4 is 15.8 Å². The predicted molar refractivity (Wildman–Crippen MR) is 82.9 cm³/mol. The van der Waals surface area contributed by atoms with Gasteiger partial charge in [0.15, 0.2) is 0 Å². The van der Waals surface area contributed by atoms with Crippen molar-refractivity contribution in [2.24, 2.45) is 0 Å². The fourth-order valence-corrected chi connectivity index (χ4v) is 3.22. The largest absolute Gasteiger partial charge is 0.392 e. The Hall–Kier alpha value is -1.18. The molecule has 21 heavy (non-hydrogen) atoms. The maximum absolute atomic E-state index is 11.5. The first kappa shape index (κ1) is 16.2. The second-order valence-corrected chi connectivity index (χ2v) is 7.70. The van der Waals surface area contributed by atoms with E-state index in [1.165, 1.54) is 10.6 Å². The van der Waals surface area contributed by atoms with E-state index in [0.29, 0.717) is 26.2 Å². The fraction of sp³-hybridized carbons (Fsp3) is 0.643. The molecule has 1 aromatic heterocycles. The van der Waals surface area contributed by atoms with Crippen molar-refractivity contribution in [2.45, 2.75) is 26.4 Å². The molecule has 2 heterocycles. The minimum atomic E-state index is -3.12. The topological polar surface area (TPSA) is 73.7 Å². The number of aliphatic hydroxyl groups excluding tert-OH is 1. The van der Waals surface area contributed by atoms with Crippen LogP contribution in [-0.4, -0.2) is 55.2 Å². The van der Waals surface area contributed by atoms with Gasteiger partial charge in [0, 0.05) is 31.9 Å². The lowest BCUT2D eigenvalue weighted by atomic mass is 10.1. The summed E-state index contributed by atoms with van der Waals surface area (Å²) in [6.07, 6.45) is 1.24. The molecule has 0 aromatic carbocycles. The van der Waals surface area contributed by atoms with Crippen LogP contribution in [-0.2, 0) is 16.6 Å². The van der Waals surface area contributed by atoms with Crippen molar-refractivity contribution in [3.05, 3.63) is 23.4 Å². The van der Waals surface area contributed by atoms with Gasteiger partial charge in [-0.2, -0.15) is 4.31 Å². The van der Waals surface area contributed by atoms with Crippen molar-refractivity contribution in [3.63, 3.8) is 0 Å². The summed E-state index contributed by atoms with van der Waals surface area (Å²) in [5, 5.41) is 9.38. The lowest BCUT2D eigenvalue weighted by molar-refractivity contribution is 0.281. The molecule has 0 bridgehead atoms. The van der Waals surface area contributed by atoms with Crippen molar-refractivity contribution < 1.29 is 13.5 Å². The van der Waals surface area contributed by atoms with Crippen molar-refractivity contribution in [2.75, 3.05) is 37.3 Å². The van der Waals surface area contributed by atoms with E-state index in [9.17, 15) is 13.5 Å². The van der Waals surface area contributed by atoms with Crippen LogP contribution in [0.25, 0.3) is 0 Å². The molecule has 0 spiro atoms. The van der Waals surface area contributed by atoms with Gasteiger partial charge < -0.3 is 10.0 Å². The van der Waals surface area contributed by atoms with E-state index in [1.807, 2.05) is 12.1 Å². The molecule has 0 unspecified atom stereocenters. The zero-order chi connectivity index (χ0) is 15.6. The monoisotopic (exact) mass is 313 g/mol. The number of nitrogens with zero attached hydrogens (tertiary/aromatic N) is 3. The summed E-state index contributed by atoms with van der Waals surface area (Å²) in [6, 6.07) is 3.79. The summed E-state index contributed by atoms with van der Waals surface area (Å²) in [5.74, 6) is 1.10. The van der Waals surface area contributed by atoms with Gasteiger partial charge in [0.25, 0.3) is 0 Å². The van der Waals surface area contributed by atoms with Gasteiger partial charge in [-0.1, -0.05) is 13.8 Å². The molecule has 0 radical (unpaired) electrons. The Balaban J connectivity index is 2.18. The van der Waals surface area contributed by atoms with E-state index < -0.39 is 10.0 Å². The quantitative estimate of drug-likeness (QED) is 0.889. The summed E-state index contributed by atoms with van der Waals surface area (Å²) in [4.78, 5) is 6.71. The molecular formula is C14H23N3O3S. The minimum Gasteiger partial charge on any atom is -0.392 e. The molecule has 7 heteroatoms. The van der Waals surface area contributed by atoms with Crippen LogP contribution < -0.4 is 4.90 Å². The molecule has 1 aliphatic heterocycles. The van der Waals surface area contributed by atoms with Crippen LogP contribution in [0.15, 0.2) is 12.1 Å². The summed E-state index contributed by atoms with van der Waals surface area (Å²) in [5.41, 5.74) is 1.79. The molecule has 1 N–H and O–H groups in total. The van der Waals surface area contributed by atoms with Crippen LogP contribution in [0.3, 0.4) is 0 Å². The zero-order valence-corrected chi connectivity index (χ0v) is 13.6. The highest BCUT2D eigenvalue weighted by Crippen LogP contribution is 2.22. The summed E-state index contributed by atoms with van der Waals surface area (Å²) in [6.45, 7) is 6.29. The van der Waals surface area contributed by atoms with Crippen LogP contribution in [0.4, 0.5) is 5.82 Å². The average Bonchev–Trinajstić information content (AvgIpc) is 2.46. The molecule has 1 aromatic rings. The van der Waals surface area contributed by atoms with Gasteiger partial charge in [0.2, 0.25) is 10.0 Å². The van der Waals surface area contributed by atoms with E-state index in [0.717, 1.165) is 17.1 Å². The van der Waals surface area contributed by atoms with Crippen LogP contribution in [0, 0.1) is 0 Å². The molecule has 2 rings (SSSR count). The third-order valence-electron chi connectivity index (χ3n) is 3.70. The minimum absolute atomic E-state index is 0.0153. The van der Waals surface area contributed by atoms with Gasteiger partial charge in [-0.25, -0.2) is 13.4 Å². The third-order valence-corrected chi connectivity index (χ3v) is 5.00. The Kier molecular flexibility index (Phi) is 4.85. The Bertz CT molecular complexity index is 593. The number of anilines is 1. The van der Waals surface area contributed by atoms with Gasteiger partial charge in [0.05, 0.1) is 12.9 Å². The maximum Gasteiger partial charge on any atom is 0.211 e. The maximum atomic E-state index is 11.5. The average molecular weight is 313 g/mol. The SMILES string of the molecule is CC(C)c1cc(CO)cc(N2CCN(S(C)(=O)=O)CC2)n1. The molecule has 1 saturated heterocycles. The first-order valence-electron chi connectivity index (χ1n) is 7.13. The lowest BCUT2D eigenvalue weighted by Gasteiger charge is -2.34. The molecule has 1 aliphatic rings. The number of aliphatic hydroxyl groups is 1. The Morgan fingerprint density at radius 2 is 1.86 bits per heavy atom. The highest BCUT2D eigenvalue weighted by Gasteiger charge is 2.24. The van der Waals surface area contributed by atoms with Crippen molar-refractivity contribution in [1.82, 2.24) is 9.29 Å². The van der Waals surface area contributed by atoms with Crippen LogP contribution in [0.1, 0.15) is 31.0 Å².